The maximum Gasteiger partial charge on any atom is 0.311 e. The van der Waals surface area contributed by atoms with Gasteiger partial charge in [-0.2, -0.15) is 0 Å². The van der Waals surface area contributed by atoms with Crippen LogP contribution in [0.1, 0.15) is 53.9 Å². The molecule has 1 saturated heterocycles. The summed E-state index contributed by atoms with van der Waals surface area (Å²) < 4.78 is 11.5. The van der Waals surface area contributed by atoms with E-state index in [-0.39, 0.29) is 35.3 Å². The highest BCUT2D eigenvalue weighted by Gasteiger charge is 2.74. The molecule has 0 amide bonds. The topological polar surface area (TPSA) is 52.6 Å². The van der Waals surface area contributed by atoms with Crippen LogP contribution in [-0.2, 0) is 19.1 Å². The van der Waals surface area contributed by atoms with Gasteiger partial charge in [0.15, 0.2) is 5.60 Å². The molecule has 5 atom stereocenters. The molecule has 5 unspecified atom stereocenters. The maximum atomic E-state index is 12.4. The first-order valence-electron chi connectivity index (χ1n) is 7.58. The lowest BCUT2D eigenvalue weighted by atomic mass is 9.73. The fourth-order valence-corrected chi connectivity index (χ4v) is 4.41. The van der Waals surface area contributed by atoms with Gasteiger partial charge in [-0.3, -0.25) is 9.59 Å². The third-order valence-corrected chi connectivity index (χ3v) is 6.03. The number of esters is 2. The van der Waals surface area contributed by atoms with Gasteiger partial charge in [-0.15, -0.1) is 0 Å². The van der Waals surface area contributed by atoms with Crippen LogP contribution in [0.25, 0.3) is 0 Å². The first-order chi connectivity index (χ1) is 9.14. The summed E-state index contributed by atoms with van der Waals surface area (Å²) in [4.78, 5) is 24.4. The molecule has 0 radical (unpaired) electrons. The minimum absolute atomic E-state index is 0.0131. The van der Waals surface area contributed by atoms with E-state index < -0.39 is 11.0 Å². The van der Waals surface area contributed by atoms with Gasteiger partial charge < -0.3 is 9.47 Å². The predicted molar refractivity (Wildman–Crippen MR) is 72.8 cm³/mol. The molecule has 2 aliphatic carbocycles. The Hall–Kier alpha value is -1.06. The van der Waals surface area contributed by atoms with Crippen molar-refractivity contribution in [1.29, 1.82) is 0 Å². The summed E-state index contributed by atoms with van der Waals surface area (Å²) in [6.45, 7) is 9.85. The first-order valence-corrected chi connectivity index (χ1v) is 7.58. The molecule has 0 N–H and O–H groups in total. The second-order valence-electron chi connectivity index (χ2n) is 7.90. The Morgan fingerprint density at radius 2 is 2.05 bits per heavy atom. The van der Waals surface area contributed by atoms with Crippen molar-refractivity contribution in [2.24, 2.45) is 22.7 Å². The molecule has 2 bridgehead atoms. The number of hydrogen-bond acceptors (Lipinski definition) is 4. The van der Waals surface area contributed by atoms with Crippen LogP contribution in [0.3, 0.4) is 0 Å². The normalized spacial score (nSPS) is 45.6. The third-order valence-electron chi connectivity index (χ3n) is 6.03. The molecular weight excluding hydrogens is 256 g/mol. The number of rotatable bonds is 3. The van der Waals surface area contributed by atoms with Crippen LogP contribution in [0.4, 0.5) is 0 Å². The molecular formula is C16H24O4. The van der Waals surface area contributed by atoms with Crippen LogP contribution in [0, 0.1) is 22.7 Å². The van der Waals surface area contributed by atoms with Crippen molar-refractivity contribution in [1.82, 2.24) is 0 Å². The molecule has 4 heteroatoms. The van der Waals surface area contributed by atoms with Gasteiger partial charge in [-0.05, 0) is 40.0 Å². The summed E-state index contributed by atoms with van der Waals surface area (Å²) in [7, 11) is 0. The summed E-state index contributed by atoms with van der Waals surface area (Å²) in [5.41, 5.74) is -1.22. The highest BCUT2D eigenvalue weighted by molar-refractivity contribution is 5.79. The first kappa shape index (κ1) is 13.9. The van der Waals surface area contributed by atoms with Crippen molar-refractivity contribution in [2.75, 3.05) is 0 Å². The van der Waals surface area contributed by atoms with Crippen molar-refractivity contribution in [2.45, 2.75) is 65.6 Å². The molecule has 3 rings (SSSR count). The maximum absolute atomic E-state index is 12.4. The summed E-state index contributed by atoms with van der Waals surface area (Å²) >= 11 is 0. The Kier molecular flexibility index (Phi) is 2.62. The van der Waals surface area contributed by atoms with E-state index in [1.807, 2.05) is 27.7 Å². The second-order valence-corrected chi connectivity index (χ2v) is 7.90. The molecule has 0 aromatic heterocycles. The number of hydrogen-bond donors (Lipinski definition) is 0. The molecule has 1 heterocycles. The summed E-state index contributed by atoms with van der Waals surface area (Å²) in [5, 5.41) is 0. The number of ether oxygens (including phenoxy) is 2. The Labute approximate surface area is 120 Å². The number of carbonyl (C=O) groups is 2. The molecule has 20 heavy (non-hydrogen) atoms. The fraction of sp³-hybridized carbons (Fsp3) is 0.875. The Morgan fingerprint density at radius 3 is 2.65 bits per heavy atom. The summed E-state index contributed by atoms with van der Waals surface area (Å²) in [5.74, 6) is -0.0595. The van der Waals surface area contributed by atoms with Gasteiger partial charge in [0, 0.05) is 11.3 Å². The van der Waals surface area contributed by atoms with Gasteiger partial charge in [-0.1, -0.05) is 13.8 Å². The van der Waals surface area contributed by atoms with Crippen molar-refractivity contribution >= 4 is 11.9 Å². The van der Waals surface area contributed by atoms with Gasteiger partial charge in [0.25, 0.3) is 0 Å². The van der Waals surface area contributed by atoms with Gasteiger partial charge in [0.1, 0.15) is 6.10 Å². The molecule has 2 saturated carbocycles. The number of carbonyl (C=O) groups excluding carboxylic acids is 2. The second kappa shape index (κ2) is 3.77. The van der Waals surface area contributed by atoms with Crippen molar-refractivity contribution in [3.05, 3.63) is 0 Å². The van der Waals surface area contributed by atoms with E-state index in [0.717, 1.165) is 19.3 Å². The summed E-state index contributed by atoms with van der Waals surface area (Å²) in [6, 6.07) is 0. The van der Waals surface area contributed by atoms with E-state index in [2.05, 4.69) is 6.92 Å². The van der Waals surface area contributed by atoms with E-state index in [1.165, 1.54) is 0 Å². The minimum Gasteiger partial charge on any atom is -0.457 e. The van der Waals surface area contributed by atoms with E-state index in [1.54, 1.807) is 0 Å². The molecule has 4 nitrogen and oxygen atoms in total. The van der Waals surface area contributed by atoms with Crippen LogP contribution in [0.2, 0.25) is 0 Å². The summed E-state index contributed by atoms with van der Waals surface area (Å²) in [6.07, 6.45) is 2.14. The Morgan fingerprint density at radius 1 is 1.40 bits per heavy atom. The fourth-order valence-electron chi connectivity index (χ4n) is 4.41. The SMILES string of the molecule is CCC(C)(C)C(=O)OC1C2(C)CC3C(=O)OC1(C)C3C2. The van der Waals surface area contributed by atoms with Crippen molar-refractivity contribution < 1.29 is 19.1 Å². The Bertz CT molecular complexity index is 483. The van der Waals surface area contributed by atoms with Crippen molar-refractivity contribution in [3.63, 3.8) is 0 Å². The lowest BCUT2D eigenvalue weighted by molar-refractivity contribution is -0.187. The third kappa shape index (κ3) is 1.54. The van der Waals surface area contributed by atoms with Crippen LogP contribution < -0.4 is 0 Å². The monoisotopic (exact) mass is 280 g/mol. The molecule has 3 fully saturated rings. The van der Waals surface area contributed by atoms with Crippen molar-refractivity contribution in [3.8, 4) is 0 Å². The lowest BCUT2D eigenvalue weighted by Crippen LogP contribution is -2.51. The largest absolute Gasteiger partial charge is 0.457 e. The van der Waals surface area contributed by atoms with E-state index in [0.29, 0.717) is 0 Å². The smallest absolute Gasteiger partial charge is 0.311 e. The van der Waals surface area contributed by atoms with Gasteiger partial charge in [-0.25, -0.2) is 0 Å². The zero-order valence-corrected chi connectivity index (χ0v) is 13.0. The zero-order valence-electron chi connectivity index (χ0n) is 13.0. The highest BCUT2D eigenvalue weighted by Crippen LogP contribution is 2.67. The van der Waals surface area contributed by atoms with Crippen LogP contribution in [0.15, 0.2) is 0 Å². The molecule has 1 aliphatic heterocycles. The average Bonchev–Trinajstić information content (AvgIpc) is 2.87. The number of fused-ring (bicyclic) bond motifs is 1. The quantitative estimate of drug-likeness (QED) is 0.746. The van der Waals surface area contributed by atoms with Crippen LogP contribution in [0.5, 0.6) is 0 Å². The highest BCUT2D eigenvalue weighted by atomic mass is 16.6. The molecule has 112 valence electrons. The lowest BCUT2D eigenvalue weighted by Gasteiger charge is -2.40. The standard InChI is InChI=1S/C16H24O4/c1-6-14(2,3)13(18)19-12-15(4)7-9-10(8-15)16(12,5)20-11(9)17/h9-10,12H,6-8H2,1-5H3. The van der Waals surface area contributed by atoms with E-state index in [9.17, 15) is 9.59 Å². The zero-order chi connectivity index (χ0) is 14.9. The van der Waals surface area contributed by atoms with Crippen LogP contribution >= 0.6 is 0 Å². The predicted octanol–water partition coefficient (Wildman–Crippen LogP) is 2.70. The molecule has 3 aliphatic rings. The molecule has 0 aromatic rings. The van der Waals surface area contributed by atoms with Gasteiger partial charge in [0.05, 0.1) is 11.3 Å². The minimum atomic E-state index is -0.617. The molecule has 0 spiro atoms. The van der Waals surface area contributed by atoms with E-state index in [4.69, 9.17) is 9.47 Å². The van der Waals surface area contributed by atoms with Gasteiger partial charge >= 0.3 is 11.9 Å². The Balaban J connectivity index is 1.88. The van der Waals surface area contributed by atoms with Crippen LogP contribution in [-0.4, -0.2) is 23.6 Å². The van der Waals surface area contributed by atoms with Gasteiger partial charge in [0.2, 0.25) is 0 Å². The van der Waals surface area contributed by atoms with E-state index >= 15 is 0 Å². The average molecular weight is 280 g/mol. The molecule has 0 aromatic carbocycles.